The number of amides is 1. The van der Waals surface area contributed by atoms with E-state index in [-0.39, 0.29) is 11.7 Å². The third-order valence-electron chi connectivity index (χ3n) is 4.39. The zero-order valence-electron chi connectivity index (χ0n) is 14.0. The summed E-state index contributed by atoms with van der Waals surface area (Å²) in [4.78, 5) is 19.7. The first-order valence-corrected chi connectivity index (χ1v) is 8.92. The highest BCUT2D eigenvalue weighted by molar-refractivity contribution is 9.10. The molecule has 0 unspecified atom stereocenters. The zero-order valence-corrected chi connectivity index (χ0v) is 15.6. The summed E-state index contributed by atoms with van der Waals surface area (Å²) in [5.41, 5.74) is 1.44. The molecule has 7 heteroatoms. The second-order valence-corrected chi connectivity index (χ2v) is 6.98. The van der Waals surface area contributed by atoms with Crippen LogP contribution in [0.5, 0.6) is 5.75 Å². The van der Waals surface area contributed by atoms with Gasteiger partial charge in [-0.3, -0.25) is 9.78 Å². The number of piperazine rings is 1. The van der Waals surface area contributed by atoms with Crippen molar-refractivity contribution >= 4 is 21.8 Å². The van der Waals surface area contributed by atoms with E-state index >= 15 is 0 Å². The first kappa shape index (κ1) is 17.8. The number of rotatable bonds is 4. The quantitative estimate of drug-likeness (QED) is 0.834. The van der Waals surface area contributed by atoms with Crippen molar-refractivity contribution in [2.75, 3.05) is 33.3 Å². The molecule has 3 rings (SSSR count). The van der Waals surface area contributed by atoms with Crippen LogP contribution in [0.15, 0.2) is 41.1 Å². The summed E-state index contributed by atoms with van der Waals surface area (Å²) in [5.74, 6) is 0.440. The summed E-state index contributed by atoms with van der Waals surface area (Å²) in [6.07, 6.45) is 3.25. The molecule has 0 bridgehead atoms. The summed E-state index contributed by atoms with van der Waals surface area (Å²) < 4.78 is 19.6. The fourth-order valence-electron chi connectivity index (χ4n) is 3.07. The van der Waals surface area contributed by atoms with Crippen LogP contribution in [0.3, 0.4) is 0 Å². The Balaban J connectivity index is 1.61. The number of quaternary nitrogens is 1. The van der Waals surface area contributed by atoms with Gasteiger partial charge >= 0.3 is 0 Å². The minimum absolute atomic E-state index is 0.00353. The lowest BCUT2D eigenvalue weighted by molar-refractivity contribution is -0.917. The summed E-state index contributed by atoms with van der Waals surface area (Å²) >= 11 is 3.34. The first-order valence-electron chi connectivity index (χ1n) is 8.12. The van der Waals surface area contributed by atoms with Gasteiger partial charge in [0.1, 0.15) is 18.1 Å². The average Bonchev–Trinajstić information content (AvgIpc) is 2.62. The number of pyridine rings is 1. The molecule has 1 aliphatic rings. The van der Waals surface area contributed by atoms with Crippen LogP contribution >= 0.6 is 15.9 Å². The Bertz CT molecular complexity index is 764. The number of aromatic nitrogens is 1. The predicted molar refractivity (Wildman–Crippen MR) is 95.2 cm³/mol. The lowest BCUT2D eigenvalue weighted by atomic mass is 10.1. The van der Waals surface area contributed by atoms with Gasteiger partial charge in [-0.2, -0.15) is 0 Å². The first-order chi connectivity index (χ1) is 12.1. The number of hydrogen-bond donors (Lipinski definition) is 1. The molecule has 25 heavy (non-hydrogen) atoms. The van der Waals surface area contributed by atoms with Crippen LogP contribution < -0.4 is 9.64 Å². The van der Waals surface area contributed by atoms with Crippen LogP contribution in [-0.2, 0) is 6.54 Å². The van der Waals surface area contributed by atoms with Crippen LogP contribution in [0, 0.1) is 5.82 Å². The van der Waals surface area contributed by atoms with Crippen molar-refractivity contribution < 1.29 is 18.8 Å². The third kappa shape index (κ3) is 4.35. The molecule has 0 spiro atoms. The summed E-state index contributed by atoms with van der Waals surface area (Å²) in [6.45, 7) is 3.64. The van der Waals surface area contributed by atoms with Gasteiger partial charge in [0.2, 0.25) is 0 Å². The van der Waals surface area contributed by atoms with E-state index in [1.54, 1.807) is 31.6 Å². The normalized spacial score (nSPS) is 15.2. The van der Waals surface area contributed by atoms with Crippen molar-refractivity contribution in [3.05, 3.63) is 58.1 Å². The largest absolute Gasteiger partial charge is 0.496 e. The molecule has 0 atom stereocenters. The van der Waals surface area contributed by atoms with Gasteiger partial charge in [0, 0.05) is 16.9 Å². The Morgan fingerprint density at radius 1 is 1.32 bits per heavy atom. The van der Waals surface area contributed by atoms with Gasteiger partial charge in [-0.25, -0.2) is 4.39 Å². The molecule has 1 aliphatic heterocycles. The van der Waals surface area contributed by atoms with Crippen LogP contribution in [-0.4, -0.2) is 49.1 Å². The highest BCUT2D eigenvalue weighted by atomic mass is 79.9. The van der Waals surface area contributed by atoms with Crippen LogP contribution in [0.1, 0.15) is 15.9 Å². The van der Waals surface area contributed by atoms with Crippen molar-refractivity contribution in [3.63, 3.8) is 0 Å². The lowest BCUT2D eigenvalue weighted by Crippen LogP contribution is -3.13. The SMILES string of the molecule is COc1ccc(F)cc1C[NH+]1CCN(C(=O)c2cncc(Br)c2)CC1. The second kappa shape index (κ2) is 7.93. The molecule has 1 aromatic carbocycles. The molecule has 1 fully saturated rings. The highest BCUT2D eigenvalue weighted by Crippen LogP contribution is 2.18. The van der Waals surface area contributed by atoms with Crippen molar-refractivity contribution in [1.29, 1.82) is 0 Å². The standard InChI is InChI=1S/C18H19BrFN3O2/c1-25-17-3-2-16(20)9-14(17)12-22-4-6-23(7-5-22)18(24)13-8-15(19)11-21-10-13/h2-3,8-11H,4-7,12H2,1H3/p+1. The maximum Gasteiger partial charge on any atom is 0.255 e. The molecule has 2 aromatic rings. The van der Waals surface area contributed by atoms with E-state index in [9.17, 15) is 9.18 Å². The molecule has 2 heterocycles. The number of nitrogens with one attached hydrogen (secondary N) is 1. The summed E-state index contributed by atoms with van der Waals surface area (Å²) in [5, 5.41) is 0. The molecule has 0 saturated carbocycles. The van der Waals surface area contributed by atoms with E-state index in [4.69, 9.17) is 4.74 Å². The van der Waals surface area contributed by atoms with E-state index in [1.165, 1.54) is 17.0 Å². The molecule has 1 amide bonds. The number of carbonyl (C=O) groups is 1. The fraction of sp³-hybridized carbons (Fsp3) is 0.333. The molecule has 0 radical (unpaired) electrons. The van der Waals surface area contributed by atoms with Gasteiger partial charge in [-0.05, 0) is 40.2 Å². The number of nitrogens with zero attached hydrogens (tertiary/aromatic N) is 2. The number of ether oxygens (including phenoxy) is 1. The number of benzene rings is 1. The van der Waals surface area contributed by atoms with Gasteiger partial charge in [-0.1, -0.05) is 0 Å². The Morgan fingerprint density at radius 3 is 2.76 bits per heavy atom. The summed E-state index contributed by atoms with van der Waals surface area (Å²) in [7, 11) is 1.59. The summed E-state index contributed by atoms with van der Waals surface area (Å²) in [6, 6.07) is 6.37. The molecular formula is C18H20BrFN3O2+. The van der Waals surface area contributed by atoms with Crippen molar-refractivity contribution in [2.45, 2.75) is 6.54 Å². The van der Waals surface area contributed by atoms with Crippen LogP contribution in [0.25, 0.3) is 0 Å². The Hall–Kier alpha value is -1.99. The number of methoxy groups -OCH3 is 1. The van der Waals surface area contributed by atoms with Crippen LogP contribution in [0.4, 0.5) is 4.39 Å². The number of hydrogen-bond acceptors (Lipinski definition) is 3. The van der Waals surface area contributed by atoms with Gasteiger partial charge in [0.25, 0.3) is 5.91 Å². The van der Waals surface area contributed by atoms with Gasteiger partial charge in [0.15, 0.2) is 0 Å². The van der Waals surface area contributed by atoms with Crippen LogP contribution in [0.2, 0.25) is 0 Å². The predicted octanol–water partition coefficient (Wildman–Crippen LogP) is 1.53. The second-order valence-electron chi connectivity index (χ2n) is 6.07. The number of halogens is 2. The van der Waals surface area contributed by atoms with Crippen molar-refractivity contribution in [2.24, 2.45) is 0 Å². The molecule has 5 nitrogen and oxygen atoms in total. The molecule has 0 aliphatic carbocycles. The Kier molecular flexibility index (Phi) is 5.65. The van der Waals surface area contributed by atoms with Crippen molar-refractivity contribution in [3.8, 4) is 5.75 Å². The number of carbonyl (C=O) groups excluding carboxylic acids is 1. The van der Waals surface area contributed by atoms with E-state index in [0.29, 0.717) is 30.9 Å². The maximum absolute atomic E-state index is 13.5. The minimum atomic E-state index is -0.258. The minimum Gasteiger partial charge on any atom is -0.496 e. The monoisotopic (exact) mass is 408 g/mol. The molecule has 132 valence electrons. The molecule has 1 N–H and O–H groups in total. The average molecular weight is 409 g/mol. The Morgan fingerprint density at radius 2 is 2.08 bits per heavy atom. The van der Waals surface area contributed by atoms with Gasteiger partial charge in [0.05, 0.1) is 44.4 Å². The lowest BCUT2D eigenvalue weighted by Gasteiger charge is -2.32. The molecular weight excluding hydrogens is 389 g/mol. The topological polar surface area (TPSA) is 46.9 Å². The highest BCUT2D eigenvalue weighted by Gasteiger charge is 2.25. The van der Waals surface area contributed by atoms with E-state index < -0.39 is 0 Å². The van der Waals surface area contributed by atoms with Gasteiger partial charge in [-0.15, -0.1) is 0 Å². The fourth-order valence-corrected chi connectivity index (χ4v) is 3.43. The maximum atomic E-state index is 13.5. The van der Waals surface area contributed by atoms with E-state index in [0.717, 1.165) is 23.1 Å². The third-order valence-corrected chi connectivity index (χ3v) is 4.83. The molecule has 1 saturated heterocycles. The van der Waals surface area contributed by atoms with E-state index in [1.807, 2.05) is 4.90 Å². The zero-order chi connectivity index (χ0) is 17.8. The smallest absolute Gasteiger partial charge is 0.255 e. The van der Waals surface area contributed by atoms with E-state index in [2.05, 4.69) is 20.9 Å². The van der Waals surface area contributed by atoms with Gasteiger partial charge < -0.3 is 14.5 Å². The van der Waals surface area contributed by atoms with Crippen molar-refractivity contribution in [1.82, 2.24) is 9.88 Å². The molecule has 1 aromatic heterocycles. The Labute approximate surface area is 154 Å².